The van der Waals surface area contributed by atoms with Crippen molar-refractivity contribution in [1.29, 1.82) is 0 Å². The number of rotatable bonds is 6. The normalized spacial score (nSPS) is 12.2. The van der Waals surface area contributed by atoms with E-state index in [1.807, 2.05) is 0 Å². The van der Waals surface area contributed by atoms with Crippen LogP contribution in [0.4, 0.5) is 0 Å². The molecule has 1 heteroatoms. The van der Waals surface area contributed by atoms with Gasteiger partial charge in [-0.25, -0.2) is 0 Å². The molecule has 1 aromatic carbocycles. The third-order valence-corrected chi connectivity index (χ3v) is 2.83. The van der Waals surface area contributed by atoms with Crippen LogP contribution >= 0.6 is 0 Å². The molecule has 0 saturated heterocycles. The Balaban J connectivity index is 2.54. The molecular formula is C16H25N. The summed E-state index contributed by atoms with van der Waals surface area (Å²) < 4.78 is 0. The summed E-state index contributed by atoms with van der Waals surface area (Å²) in [6.07, 6.45) is 4.64. The van der Waals surface area contributed by atoms with Crippen LogP contribution in [-0.2, 0) is 6.42 Å². The molecule has 1 atom stereocenters. The Labute approximate surface area is 106 Å². The quantitative estimate of drug-likeness (QED) is 0.733. The highest BCUT2D eigenvalue weighted by Crippen LogP contribution is 2.09. The fourth-order valence-corrected chi connectivity index (χ4v) is 2.10. The van der Waals surface area contributed by atoms with Crippen LogP contribution in [0.1, 0.15) is 38.3 Å². The Morgan fingerprint density at radius 1 is 1.35 bits per heavy atom. The lowest BCUT2D eigenvalue weighted by Crippen LogP contribution is -2.27. The Bertz CT molecular complexity index is 362. The highest BCUT2D eigenvalue weighted by molar-refractivity contribution is 5.22. The van der Waals surface area contributed by atoms with Crippen molar-refractivity contribution in [3.8, 4) is 0 Å². The van der Waals surface area contributed by atoms with E-state index < -0.39 is 0 Å². The van der Waals surface area contributed by atoms with E-state index in [0.29, 0.717) is 6.04 Å². The van der Waals surface area contributed by atoms with Crippen molar-refractivity contribution >= 4 is 0 Å². The van der Waals surface area contributed by atoms with Crippen LogP contribution in [0.25, 0.3) is 0 Å². The minimum Gasteiger partial charge on any atom is -0.311 e. The van der Waals surface area contributed by atoms with Gasteiger partial charge >= 0.3 is 0 Å². The van der Waals surface area contributed by atoms with Crippen LogP contribution in [0.5, 0.6) is 0 Å². The molecule has 0 amide bonds. The molecule has 1 N–H and O–H groups in total. The van der Waals surface area contributed by atoms with Crippen molar-refractivity contribution in [2.75, 3.05) is 6.54 Å². The Kier molecular flexibility index (Phi) is 5.99. The zero-order chi connectivity index (χ0) is 12.7. The molecule has 0 fully saturated rings. The van der Waals surface area contributed by atoms with Crippen LogP contribution in [0.2, 0.25) is 0 Å². The molecule has 0 spiro atoms. The minimum absolute atomic E-state index is 0.505. The van der Waals surface area contributed by atoms with Crippen LogP contribution in [0, 0.1) is 6.92 Å². The summed E-state index contributed by atoms with van der Waals surface area (Å²) in [7, 11) is 0. The molecule has 94 valence electrons. The topological polar surface area (TPSA) is 12.0 Å². The van der Waals surface area contributed by atoms with Crippen LogP contribution < -0.4 is 5.32 Å². The number of hydrogen-bond acceptors (Lipinski definition) is 1. The van der Waals surface area contributed by atoms with Gasteiger partial charge in [-0.3, -0.25) is 0 Å². The first kappa shape index (κ1) is 14.0. The van der Waals surface area contributed by atoms with Gasteiger partial charge in [0.25, 0.3) is 0 Å². The van der Waals surface area contributed by atoms with Gasteiger partial charge in [0.15, 0.2) is 0 Å². The van der Waals surface area contributed by atoms with E-state index in [2.05, 4.69) is 63.4 Å². The molecule has 0 aliphatic heterocycles. The summed E-state index contributed by atoms with van der Waals surface area (Å²) in [5.41, 5.74) is 4.18. The zero-order valence-corrected chi connectivity index (χ0v) is 11.6. The van der Waals surface area contributed by atoms with Gasteiger partial charge < -0.3 is 5.32 Å². The van der Waals surface area contributed by atoms with Crippen molar-refractivity contribution in [1.82, 2.24) is 5.32 Å². The number of likely N-dealkylation sites (N-methyl/N-ethyl adjacent to an activating group) is 1. The van der Waals surface area contributed by atoms with E-state index in [-0.39, 0.29) is 0 Å². The number of benzene rings is 1. The fraction of sp³-hybridized carbons (Fsp3) is 0.500. The molecular weight excluding hydrogens is 206 g/mol. The summed E-state index contributed by atoms with van der Waals surface area (Å²) in [5.74, 6) is 0. The van der Waals surface area contributed by atoms with E-state index in [1.165, 1.54) is 23.1 Å². The van der Waals surface area contributed by atoms with Crippen molar-refractivity contribution in [3.63, 3.8) is 0 Å². The summed E-state index contributed by atoms with van der Waals surface area (Å²) >= 11 is 0. The highest BCUT2D eigenvalue weighted by atomic mass is 14.9. The Hall–Kier alpha value is -1.08. The van der Waals surface area contributed by atoms with Gasteiger partial charge in [-0.15, -0.1) is 0 Å². The van der Waals surface area contributed by atoms with E-state index >= 15 is 0 Å². The second-order valence-electron chi connectivity index (χ2n) is 4.94. The Morgan fingerprint density at radius 2 is 2.12 bits per heavy atom. The molecule has 17 heavy (non-hydrogen) atoms. The molecule has 0 radical (unpaired) electrons. The van der Waals surface area contributed by atoms with E-state index in [1.54, 1.807) is 0 Å². The van der Waals surface area contributed by atoms with Crippen molar-refractivity contribution in [2.24, 2.45) is 0 Å². The molecule has 1 aromatic rings. The molecule has 1 nitrogen and oxygen atoms in total. The second kappa shape index (κ2) is 7.29. The summed E-state index contributed by atoms with van der Waals surface area (Å²) in [6.45, 7) is 9.68. The van der Waals surface area contributed by atoms with Gasteiger partial charge in [-0.1, -0.05) is 48.4 Å². The molecule has 1 unspecified atom stereocenters. The van der Waals surface area contributed by atoms with Crippen molar-refractivity contribution in [3.05, 3.63) is 47.0 Å². The lowest BCUT2D eigenvalue weighted by Gasteiger charge is -2.14. The number of aryl methyl sites for hydroxylation is 2. The van der Waals surface area contributed by atoms with Crippen LogP contribution in [0.3, 0.4) is 0 Å². The first-order valence-electron chi connectivity index (χ1n) is 6.55. The molecule has 0 aromatic heterocycles. The summed E-state index contributed by atoms with van der Waals surface area (Å²) in [5, 5.41) is 3.52. The average Bonchev–Trinajstić information content (AvgIpc) is 2.26. The molecule has 1 rings (SSSR count). The van der Waals surface area contributed by atoms with Gasteiger partial charge in [-0.05, 0) is 45.7 Å². The first-order valence-corrected chi connectivity index (χ1v) is 6.55. The van der Waals surface area contributed by atoms with Gasteiger partial charge in [0.1, 0.15) is 0 Å². The van der Waals surface area contributed by atoms with Crippen molar-refractivity contribution < 1.29 is 0 Å². The summed E-state index contributed by atoms with van der Waals surface area (Å²) in [6, 6.07) is 9.31. The molecule has 0 bridgehead atoms. The second-order valence-corrected chi connectivity index (χ2v) is 4.94. The lowest BCUT2D eigenvalue weighted by molar-refractivity contribution is 0.571. The third kappa shape index (κ3) is 5.69. The largest absolute Gasteiger partial charge is 0.311 e. The molecule has 0 heterocycles. The maximum absolute atomic E-state index is 3.52. The maximum atomic E-state index is 3.52. The fourth-order valence-electron chi connectivity index (χ4n) is 2.10. The molecule has 0 aliphatic carbocycles. The monoisotopic (exact) mass is 231 g/mol. The van der Waals surface area contributed by atoms with E-state index in [9.17, 15) is 0 Å². The number of hydrogen-bond donors (Lipinski definition) is 1. The number of nitrogens with one attached hydrogen (secondary N) is 1. The van der Waals surface area contributed by atoms with Gasteiger partial charge in [0.05, 0.1) is 0 Å². The predicted molar refractivity (Wildman–Crippen MR) is 76.4 cm³/mol. The summed E-state index contributed by atoms with van der Waals surface area (Å²) in [4.78, 5) is 0. The third-order valence-electron chi connectivity index (χ3n) is 2.83. The SMILES string of the molecule is CCNC(C=C(C)C)CCc1cccc(C)c1. The lowest BCUT2D eigenvalue weighted by atomic mass is 10.0. The maximum Gasteiger partial charge on any atom is 0.0255 e. The molecule has 0 aliphatic rings. The Morgan fingerprint density at radius 3 is 2.71 bits per heavy atom. The number of allylic oxidation sites excluding steroid dienone is 1. The van der Waals surface area contributed by atoms with Crippen LogP contribution in [-0.4, -0.2) is 12.6 Å². The predicted octanol–water partition coefficient (Wildman–Crippen LogP) is 3.87. The smallest absolute Gasteiger partial charge is 0.0255 e. The van der Waals surface area contributed by atoms with Gasteiger partial charge in [0, 0.05) is 6.04 Å². The highest BCUT2D eigenvalue weighted by Gasteiger charge is 2.04. The van der Waals surface area contributed by atoms with Crippen LogP contribution in [0.15, 0.2) is 35.9 Å². The van der Waals surface area contributed by atoms with E-state index in [4.69, 9.17) is 0 Å². The average molecular weight is 231 g/mol. The standard InChI is InChI=1S/C16H25N/c1-5-17-16(11-13(2)3)10-9-15-8-6-7-14(4)12-15/h6-8,11-12,16-17H,5,9-10H2,1-4H3. The zero-order valence-electron chi connectivity index (χ0n) is 11.6. The molecule has 0 saturated carbocycles. The van der Waals surface area contributed by atoms with E-state index in [0.717, 1.165) is 13.0 Å². The van der Waals surface area contributed by atoms with Gasteiger partial charge in [-0.2, -0.15) is 0 Å². The van der Waals surface area contributed by atoms with Gasteiger partial charge in [0.2, 0.25) is 0 Å². The minimum atomic E-state index is 0.505. The first-order chi connectivity index (χ1) is 8.11. The van der Waals surface area contributed by atoms with Crippen molar-refractivity contribution in [2.45, 2.75) is 46.6 Å².